The van der Waals surface area contributed by atoms with Gasteiger partial charge in [-0.1, -0.05) is 25.7 Å². The smallest absolute Gasteiger partial charge is 0.233 e. The normalized spacial score (nSPS) is 26.7. The van der Waals surface area contributed by atoms with Gasteiger partial charge in [0.25, 0.3) is 0 Å². The number of carbonyl (C=O) groups is 4. The number of likely N-dealkylation sites (tertiary alicyclic amines) is 1. The highest BCUT2D eigenvalue weighted by Gasteiger charge is 2.39. The Bertz CT molecular complexity index is 721. The second-order valence-corrected chi connectivity index (χ2v) is 9.55. The number of amides is 2. The van der Waals surface area contributed by atoms with E-state index >= 15 is 0 Å². The summed E-state index contributed by atoms with van der Waals surface area (Å²) in [5, 5.41) is 19.1. The van der Waals surface area contributed by atoms with E-state index in [1.165, 1.54) is 0 Å². The van der Waals surface area contributed by atoms with Gasteiger partial charge in [-0.15, -0.1) is 0 Å². The van der Waals surface area contributed by atoms with Crippen LogP contribution in [0.4, 0.5) is 0 Å². The third kappa shape index (κ3) is 6.13. The zero-order valence-corrected chi connectivity index (χ0v) is 18.1. The van der Waals surface area contributed by atoms with Crippen LogP contribution >= 0.6 is 0 Å². The Morgan fingerprint density at radius 2 is 1.84 bits per heavy atom. The van der Waals surface area contributed by atoms with Gasteiger partial charge in [0.15, 0.2) is 5.78 Å². The van der Waals surface area contributed by atoms with Crippen molar-refractivity contribution in [2.24, 2.45) is 23.7 Å². The summed E-state index contributed by atoms with van der Waals surface area (Å²) in [5.74, 6) is -0.454. The molecule has 0 spiro atoms. The van der Waals surface area contributed by atoms with Crippen LogP contribution in [-0.4, -0.2) is 58.2 Å². The molecule has 2 amide bonds. The second-order valence-electron chi connectivity index (χ2n) is 9.55. The predicted octanol–water partition coefficient (Wildman–Crippen LogP) is 2.49. The fourth-order valence-electron chi connectivity index (χ4n) is 5.48. The topological polar surface area (TPSA) is 119 Å². The Hall–Kier alpha value is -2.27. The first-order valence-electron chi connectivity index (χ1n) is 11.6. The van der Waals surface area contributed by atoms with Crippen LogP contribution in [-0.2, 0) is 19.2 Å². The number of hydroxylamine groups is 2. The zero-order valence-electron chi connectivity index (χ0n) is 18.1. The highest BCUT2D eigenvalue weighted by molar-refractivity contribution is 6.03. The van der Waals surface area contributed by atoms with Gasteiger partial charge in [-0.3, -0.25) is 24.4 Å². The van der Waals surface area contributed by atoms with Crippen molar-refractivity contribution in [3.8, 4) is 6.07 Å². The summed E-state index contributed by atoms with van der Waals surface area (Å²) >= 11 is 0. The van der Waals surface area contributed by atoms with Crippen LogP contribution in [0.15, 0.2) is 0 Å². The third-order valence-electron chi connectivity index (χ3n) is 7.18. The van der Waals surface area contributed by atoms with E-state index in [1.807, 2.05) is 0 Å². The van der Waals surface area contributed by atoms with Gasteiger partial charge in [0.05, 0.1) is 31.0 Å². The SMILES string of the molecule is N#CC1CC(CC(=O)CC(=O)[C@@H]2CCCN2C(=O)[C@H](CC2CCCC2)CN(O)C=O)C1. The molecule has 0 unspecified atom stereocenters. The molecule has 170 valence electrons. The largest absolute Gasteiger partial charge is 0.332 e. The molecule has 3 rings (SSSR count). The molecule has 31 heavy (non-hydrogen) atoms. The van der Waals surface area contributed by atoms with E-state index in [-0.39, 0.29) is 42.3 Å². The van der Waals surface area contributed by atoms with E-state index < -0.39 is 12.0 Å². The minimum absolute atomic E-state index is 0.0331. The zero-order chi connectivity index (χ0) is 22.4. The number of Topliss-reactive ketones (excluding diaryl/α,β-unsaturated/α-hetero) is 2. The maximum absolute atomic E-state index is 13.3. The summed E-state index contributed by atoms with van der Waals surface area (Å²) in [6, 6.07) is 1.60. The van der Waals surface area contributed by atoms with E-state index in [9.17, 15) is 24.4 Å². The van der Waals surface area contributed by atoms with Crippen LogP contribution in [0.2, 0.25) is 0 Å². The second kappa shape index (κ2) is 10.9. The number of carbonyl (C=O) groups excluding carboxylic acids is 4. The van der Waals surface area contributed by atoms with E-state index in [1.54, 1.807) is 4.90 Å². The molecule has 0 aromatic rings. The molecule has 0 radical (unpaired) electrons. The molecule has 8 nitrogen and oxygen atoms in total. The molecule has 0 aromatic carbocycles. The van der Waals surface area contributed by atoms with Crippen molar-refractivity contribution in [2.45, 2.75) is 76.7 Å². The lowest BCUT2D eigenvalue weighted by Crippen LogP contribution is -2.46. The van der Waals surface area contributed by atoms with Crippen LogP contribution in [0.5, 0.6) is 0 Å². The summed E-state index contributed by atoms with van der Waals surface area (Å²) in [7, 11) is 0. The van der Waals surface area contributed by atoms with Crippen LogP contribution in [0.1, 0.15) is 70.6 Å². The number of nitrogens with zero attached hydrogens (tertiary/aromatic N) is 3. The van der Waals surface area contributed by atoms with Crippen LogP contribution in [0.3, 0.4) is 0 Å². The monoisotopic (exact) mass is 431 g/mol. The van der Waals surface area contributed by atoms with Gasteiger partial charge >= 0.3 is 0 Å². The fraction of sp³-hybridized carbons (Fsp3) is 0.783. The first-order valence-corrected chi connectivity index (χ1v) is 11.6. The highest BCUT2D eigenvalue weighted by atomic mass is 16.5. The highest BCUT2D eigenvalue weighted by Crippen LogP contribution is 2.36. The molecule has 8 heteroatoms. The van der Waals surface area contributed by atoms with Crippen molar-refractivity contribution in [1.29, 1.82) is 5.26 Å². The summed E-state index contributed by atoms with van der Waals surface area (Å²) < 4.78 is 0. The van der Waals surface area contributed by atoms with Crippen molar-refractivity contribution < 1.29 is 24.4 Å². The average molecular weight is 432 g/mol. The molecule has 0 aromatic heterocycles. The fourth-order valence-corrected chi connectivity index (χ4v) is 5.48. The molecular formula is C23H33N3O5. The summed E-state index contributed by atoms with van der Waals surface area (Å²) in [4.78, 5) is 51.0. The number of nitriles is 1. The quantitative estimate of drug-likeness (QED) is 0.232. The molecule has 2 aliphatic carbocycles. The van der Waals surface area contributed by atoms with Crippen molar-refractivity contribution >= 4 is 23.9 Å². The minimum atomic E-state index is -0.598. The van der Waals surface area contributed by atoms with Gasteiger partial charge in [-0.2, -0.15) is 5.26 Å². The van der Waals surface area contributed by atoms with Crippen LogP contribution in [0.25, 0.3) is 0 Å². The van der Waals surface area contributed by atoms with E-state index in [0.29, 0.717) is 49.6 Å². The first-order chi connectivity index (χ1) is 14.9. The number of hydrogen-bond donors (Lipinski definition) is 1. The van der Waals surface area contributed by atoms with Crippen molar-refractivity contribution in [3.63, 3.8) is 0 Å². The van der Waals surface area contributed by atoms with Crippen molar-refractivity contribution in [3.05, 3.63) is 0 Å². The van der Waals surface area contributed by atoms with Gasteiger partial charge in [-0.25, -0.2) is 5.06 Å². The Balaban J connectivity index is 1.57. The number of ketones is 2. The van der Waals surface area contributed by atoms with E-state index in [0.717, 1.165) is 38.5 Å². The molecule has 1 N–H and O–H groups in total. The molecule has 0 bridgehead atoms. The van der Waals surface area contributed by atoms with Gasteiger partial charge in [0, 0.05) is 18.9 Å². The molecule has 3 aliphatic rings. The van der Waals surface area contributed by atoms with Crippen molar-refractivity contribution in [2.75, 3.05) is 13.1 Å². The van der Waals surface area contributed by atoms with E-state index in [2.05, 4.69) is 6.07 Å². The first kappa shape index (κ1) is 23.4. The summed E-state index contributed by atoms with van der Waals surface area (Å²) in [6.07, 6.45) is 8.10. The lowest BCUT2D eigenvalue weighted by Gasteiger charge is -2.31. The molecule has 1 aliphatic heterocycles. The Morgan fingerprint density at radius 3 is 2.48 bits per heavy atom. The molecule has 3 fully saturated rings. The average Bonchev–Trinajstić information content (AvgIpc) is 3.41. The molecular weight excluding hydrogens is 398 g/mol. The Morgan fingerprint density at radius 1 is 1.13 bits per heavy atom. The molecule has 2 atom stereocenters. The van der Waals surface area contributed by atoms with Gasteiger partial charge in [-0.05, 0) is 43.9 Å². The summed E-state index contributed by atoms with van der Waals surface area (Å²) in [5.41, 5.74) is 0. The summed E-state index contributed by atoms with van der Waals surface area (Å²) in [6.45, 7) is 0.389. The van der Waals surface area contributed by atoms with Gasteiger partial charge in [0.1, 0.15) is 5.78 Å². The Kier molecular flexibility index (Phi) is 8.19. The Labute approximate surface area is 183 Å². The van der Waals surface area contributed by atoms with Gasteiger partial charge in [0.2, 0.25) is 12.3 Å². The maximum atomic E-state index is 13.3. The predicted molar refractivity (Wildman–Crippen MR) is 110 cm³/mol. The molecule has 1 saturated heterocycles. The third-order valence-corrected chi connectivity index (χ3v) is 7.18. The number of hydrogen-bond acceptors (Lipinski definition) is 6. The van der Waals surface area contributed by atoms with Crippen LogP contribution in [0, 0.1) is 35.0 Å². The number of rotatable bonds is 11. The molecule has 2 saturated carbocycles. The minimum Gasteiger partial charge on any atom is -0.332 e. The van der Waals surface area contributed by atoms with Crippen molar-refractivity contribution in [1.82, 2.24) is 9.96 Å². The maximum Gasteiger partial charge on any atom is 0.233 e. The van der Waals surface area contributed by atoms with Gasteiger partial charge < -0.3 is 4.90 Å². The lowest BCUT2D eigenvalue weighted by atomic mass is 9.73. The molecule has 1 heterocycles. The van der Waals surface area contributed by atoms with Crippen LogP contribution < -0.4 is 0 Å². The standard InChI is InChI=1S/C23H33N3O5/c24-13-18-8-17(9-18)11-20(28)12-22(29)21-6-3-7-26(21)23(30)19(14-25(31)15-27)10-16-4-1-2-5-16/h15-19,21,31H,1-12,14H2/t17?,18?,19-,21+/m1/s1. The lowest BCUT2D eigenvalue weighted by molar-refractivity contribution is -0.158. The van der Waals surface area contributed by atoms with E-state index in [4.69, 9.17) is 5.26 Å².